The molecule has 1 unspecified atom stereocenters. The second-order valence-electron chi connectivity index (χ2n) is 8.13. The summed E-state index contributed by atoms with van der Waals surface area (Å²) in [5.74, 6) is -45.8. The molecule has 0 spiro atoms. The van der Waals surface area contributed by atoms with Crippen LogP contribution >= 0.6 is 0 Å². The van der Waals surface area contributed by atoms with Crippen molar-refractivity contribution in [1.82, 2.24) is 0 Å². The molecule has 27 heteroatoms. The predicted molar refractivity (Wildman–Crippen MR) is 98.6 cm³/mol. The van der Waals surface area contributed by atoms with E-state index in [2.05, 4.69) is 9.47 Å². The standard InChI is InChI=1S/C17H14F18O7S.Na.H/c18-10(19,12(22,23)14(26,27)16(30,31)32)3-5-41-8(36)2-1-7(43(38,39)40)9(37)42-6-4-11(20,21)13(24,25)15(28,29)17(33,34)35;;/h7H,1-6H2,(H,38,39,40);;/q;+1;-1. The van der Waals surface area contributed by atoms with E-state index in [1.54, 1.807) is 0 Å². The average Bonchev–Trinajstić information content (AvgIpc) is 2.75. The molecule has 0 amide bonds. The number of ether oxygens (including phenoxy) is 2. The second-order valence-corrected chi connectivity index (χ2v) is 9.73. The number of carbonyl (C=O) groups is 2. The SMILES string of the molecule is O=C(CCC(C(=O)OCCC(F)(F)C(F)(F)C(F)(F)C(F)(F)F)S(=O)(=O)O)OCCC(F)(F)C(F)(F)C(F)(F)C(F)(F)F.[H-].[Na+]. The molecule has 1 atom stereocenters. The monoisotopic (exact) mass is 728 g/mol. The first-order chi connectivity index (χ1) is 18.6. The molecule has 0 heterocycles. The second kappa shape index (κ2) is 14.1. The van der Waals surface area contributed by atoms with Crippen LogP contribution in [0.4, 0.5) is 79.0 Å². The molecular formula is C17H15F18NaO7S. The van der Waals surface area contributed by atoms with Gasteiger partial charge in [-0.25, -0.2) is 0 Å². The fraction of sp³-hybridized carbons (Fsp3) is 0.882. The molecule has 0 aliphatic heterocycles. The van der Waals surface area contributed by atoms with Crippen molar-refractivity contribution >= 4 is 22.1 Å². The third-order valence-electron chi connectivity index (χ3n) is 4.99. The van der Waals surface area contributed by atoms with Crippen LogP contribution in [0.15, 0.2) is 0 Å². The van der Waals surface area contributed by atoms with Crippen molar-refractivity contribution in [1.29, 1.82) is 0 Å². The molecule has 0 aliphatic rings. The summed E-state index contributed by atoms with van der Waals surface area (Å²) in [4.78, 5) is 23.2. The van der Waals surface area contributed by atoms with E-state index in [1.165, 1.54) is 0 Å². The van der Waals surface area contributed by atoms with Crippen LogP contribution in [-0.4, -0.2) is 91.3 Å². The zero-order valence-corrected chi connectivity index (χ0v) is 23.7. The van der Waals surface area contributed by atoms with E-state index in [9.17, 15) is 97.0 Å². The first kappa shape index (κ1) is 44.7. The maximum atomic E-state index is 13.4. The minimum Gasteiger partial charge on any atom is -1.00 e. The van der Waals surface area contributed by atoms with E-state index in [0.29, 0.717) is 0 Å². The average molecular weight is 728 g/mol. The van der Waals surface area contributed by atoms with Gasteiger partial charge < -0.3 is 10.9 Å². The van der Waals surface area contributed by atoms with Crippen LogP contribution in [0.1, 0.15) is 27.1 Å². The largest absolute Gasteiger partial charge is 1.00 e. The van der Waals surface area contributed by atoms with E-state index >= 15 is 0 Å². The molecule has 0 fully saturated rings. The van der Waals surface area contributed by atoms with E-state index in [-0.39, 0.29) is 31.0 Å². The van der Waals surface area contributed by atoms with Crippen LogP contribution < -0.4 is 29.6 Å². The Labute approximate surface area is 256 Å². The first-order valence-electron chi connectivity index (χ1n) is 10.3. The minimum absolute atomic E-state index is 0. The Morgan fingerprint density at radius 2 is 0.932 bits per heavy atom. The molecule has 44 heavy (non-hydrogen) atoms. The Bertz CT molecular complexity index is 1110. The first-order valence-corrected chi connectivity index (χ1v) is 11.8. The van der Waals surface area contributed by atoms with Gasteiger partial charge in [-0.15, -0.1) is 0 Å². The van der Waals surface area contributed by atoms with Crippen molar-refractivity contribution in [2.45, 2.75) is 78.8 Å². The van der Waals surface area contributed by atoms with Crippen LogP contribution in [0, 0.1) is 0 Å². The fourth-order valence-corrected chi connectivity index (χ4v) is 3.23. The van der Waals surface area contributed by atoms with E-state index in [1.807, 2.05) is 0 Å². The van der Waals surface area contributed by atoms with Crippen molar-refractivity contribution in [3.8, 4) is 0 Å². The summed E-state index contributed by atoms with van der Waals surface area (Å²) in [5, 5.41) is -3.10. The fourth-order valence-electron chi connectivity index (χ4n) is 2.50. The number of carbonyl (C=O) groups excluding carboxylic acids is 2. The van der Waals surface area contributed by atoms with E-state index in [4.69, 9.17) is 4.55 Å². The summed E-state index contributed by atoms with van der Waals surface area (Å²) in [6, 6.07) is 0. The molecule has 0 radical (unpaired) electrons. The number of hydrogen-bond acceptors (Lipinski definition) is 6. The Morgan fingerprint density at radius 1 is 0.614 bits per heavy atom. The van der Waals surface area contributed by atoms with Crippen molar-refractivity contribution in [2.75, 3.05) is 13.2 Å². The number of rotatable bonds is 15. The molecule has 0 aliphatic carbocycles. The van der Waals surface area contributed by atoms with Gasteiger partial charge in [-0.05, 0) is 6.42 Å². The smallest absolute Gasteiger partial charge is 1.00 e. The molecule has 0 rings (SSSR count). The number of alkyl halides is 18. The molecule has 258 valence electrons. The van der Waals surface area contributed by atoms with Gasteiger partial charge in [0, 0.05) is 6.42 Å². The summed E-state index contributed by atoms with van der Waals surface area (Å²) >= 11 is 0. The Balaban J connectivity index is -0.00000882. The van der Waals surface area contributed by atoms with Gasteiger partial charge in [0.2, 0.25) is 0 Å². The van der Waals surface area contributed by atoms with Gasteiger partial charge in [0.15, 0.2) is 5.25 Å². The van der Waals surface area contributed by atoms with Crippen LogP contribution in [-0.2, 0) is 29.2 Å². The molecule has 0 aromatic heterocycles. The quantitative estimate of drug-likeness (QED) is 0.120. The zero-order valence-electron chi connectivity index (χ0n) is 21.9. The Hall–Kier alpha value is -1.41. The van der Waals surface area contributed by atoms with Gasteiger partial charge in [-0.3, -0.25) is 14.1 Å². The Morgan fingerprint density at radius 3 is 1.23 bits per heavy atom. The van der Waals surface area contributed by atoms with E-state index < -0.39 is 114 Å². The molecule has 0 saturated heterocycles. The third kappa shape index (κ3) is 9.56. The summed E-state index contributed by atoms with van der Waals surface area (Å²) in [5.41, 5.74) is 0. The topological polar surface area (TPSA) is 107 Å². The predicted octanol–water partition coefficient (Wildman–Crippen LogP) is 2.94. The zero-order chi connectivity index (χ0) is 34.9. The Kier molecular flexibility index (Phi) is 14.4. The molecule has 1 N–H and O–H groups in total. The van der Waals surface area contributed by atoms with Crippen molar-refractivity contribution < 1.29 is 142 Å². The number of halogens is 18. The van der Waals surface area contributed by atoms with Gasteiger partial charge in [-0.1, -0.05) is 0 Å². The molecule has 7 nitrogen and oxygen atoms in total. The number of hydrogen-bond donors (Lipinski definition) is 1. The summed E-state index contributed by atoms with van der Waals surface area (Å²) in [6.07, 6.45) is -23.1. The summed E-state index contributed by atoms with van der Waals surface area (Å²) < 4.78 is 268. The van der Waals surface area contributed by atoms with Crippen molar-refractivity contribution in [3.63, 3.8) is 0 Å². The van der Waals surface area contributed by atoms with Gasteiger partial charge in [-0.2, -0.15) is 87.4 Å². The van der Waals surface area contributed by atoms with Gasteiger partial charge in [0.25, 0.3) is 10.1 Å². The molecule has 0 saturated carbocycles. The van der Waals surface area contributed by atoms with Crippen LogP contribution in [0.2, 0.25) is 0 Å². The normalized spacial score (nSPS) is 15.3. The third-order valence-corrected chi connectivity index (χ3v) is 6.14. The van der Waals surface area contributed by atoms with Crippen LogP contribution in [0.5, 0.6) is 0 Å². The van der Waals surface area contributed by atoms with Crippen molar-refractivity contribution in [2.24, 2.45) is 0 Å². The molecule has 0 bridgehead atoms. The maximum absolute atomic E-state index is 13.4. The maximum Gasteiger partial charge on any atom is 1.00 e. The van der Waals surface area contributed by atoms with Crippen LogP contribution in [0.25, 0.3) is 0 Å². The summed E-state index contributed by atoms with van der Waals surface area (Å²) in [7, 11) is -5.79. The molecule has 0 aromatic rings. The molecule has 0 aromatic carbocycles. The summed E-state index contributed by atoms with van der Waals surface area (Å²) in [6.45, 7) is -4.28. The van der Waals surface area contributed by atoms with Gasteiger partial charge in [0.05, 0.1) is 26.1 Å². The number of esters is 2. The van der Waals surface area contributed by atoms with Gasteiger partial charge >= 0.3 is 89.4 Å². The minimum atomic E-state index is -7.33. The van der Waals surface area contributed by atoms with Crippen LogP contribution in [0.3, 0.4) is 0 Å². The van der Waals surface area contributed by atoms with E-state index in [0.717, 1.165) is 0 Å². The molecular weight excluding hydrogens is 713 g/mol. The van der Waals surface area contributed by atoms with Crippen molar-refractivity contribution in [3.05, 3.63) is 0 Å². The van der Waals surface area contributed by atoms with Gasteiger partial charge in [0.1, 0.15) is 0 Å².